The zero-order chi connectivity index (χ0) is 35.4. The van der Waals surface area contributed by atoms with E-state index in [-0.39, 0.29) is 21.7 Å². The van der Waals surface area contributed by atoms with Crippen LogP contribution in [0.5, 0.6) is 0 Å². The zero-order valence-corrected chi connectivity index (χ0v) is 29.5. The van der Waals surface area contributed by atoms with Gasteiger partial charge in [-0.2, -0.15) is 0 Å². The number of amidine groups is 4. The summed E-state index contributed by atoms with van der Waals surface area (Å²) in [4.78, 5) is 26.7. The summed E-state index contributed by atoms with van der Waals surface area (Å²) in [7, 11) is 15.0. The number of fused-ring (bicyclic) bond motifs is 14. The number of aromatic nitrogens is 2. The molecule has 0 radical (unpaired) electrons. The molecule has 8 nitrogen and oxygen atoms in total. The Balaban J connectivity index is 1.57. The van der Waals surface area contributed by atoms with Crippen LogP contribution >= 0.6 is 17.8 Å². The first-order chi connectivity index (χ1) is 24.4. The Morgan fingerprint density at radius 3 is 1.24 bits per heavy atom. The third-order valence-electron chi connectivity index (χ3n) is 9.12. The van der Waals surface area contributed by atoms with Gasteiger partial charge in [-0.1, -0.05) is 0 Å². The Labute approximate surface area is 291 Å². The molecular weight excluding hydrogens is 831 g/mol. The maximum atomic E-state index is 16.2. The first kappa shape index (κ1) is 30.9. The Morgan fingerprint density at radius 1 is 0.431 bits per heavy atom. The molecule has 0 N–H and O–H groups in total. The Hall–Kier alpha value is -4.87. The number of halogens is 9. The molecule has 250 valence electrons. The summed E-state index contributed by atoms with van der Waals surface area (Å²) in [5, 5.41) is -1.31. The minimum atomic E-state index is -5.97. The number of aliphatic imine (C=N–C) groups is 4. The molecule has 6 bridgehead atoms. The number of hydrogen-bond donors (Lipinski definition) is 0. The molecule has 4 aliphatic heterocycles. The molecule has 0 spiro atoms. The molecule has 0 unspecified atom stereocenters. The van der Waals surface area contributed by atoms with Crippen LogP contribution in [-0.2, 0) is 0 Å². The predicted molar refractivity (Wildman–Crippen MR) is 177 cm³/mol. The third-order valence-corrected chi connectivity index (χ3v) is 19.1. The summed E-state index contributed by atoms with van der Waals surface area (Å²) in [6.45, 7) is 1.60. The van der Waals surface area contributed by atoms with Crippen molar-refractivity contribution in [3.8, 4) is 0 Å². The molecule has 51 heavy (non-hydrogen) atoms. The van der Waals surface area contributed by atoms with Gasteiger partial charge in [0.1, 0.15) is 0 Å². The predicted octanol–water partition coefficient (Wildman–Crippen LogP) is 7.13. The maximum absolute atomic E-state index is 16.2. The van der Waals surface area contributed by atoms with Gasteiger partial charge in [0.15, 0.2) is 0 Å². The van der Waals surface area contributed by atoms with E-state index in [0.29, 0.717) is 5.56 Å². The number of hydrogen-bond acceptors (Lipinski definition) is 6. The molecular formula is C33H11Cl2F7N8Sn. The fraction of sp³-hybridized carbons (Fsp3) is 0.0303. The van der Waals surface area contributed by atoms with Crippen molar-refractivity contribution in [2.24, 2.45) is 30.0 Å². The summed E-state index contributed by atoms with van der Waals surface area (Å²) >= 11 is -5.97. The first-order valence-corrected chi connectivity index (χ1v) is 24.6. The van der Waals surface area contributed by atoms with E-state index in [4.69, 9.17) is 17.8 Å². The van der Waals surface area contributed by atoms with Crippen molar-refractivity contribution in [1.82, 2.24) is 5.58 Å². The Morgan fingerprint density at radius 2 is 0.784 bits per heavy atom. The summed E-state index contributed by atoms with van der Waals surface area (Å²) in [6.07, 6.45) is 0. The van der Waals surface area contributed by atoms with Gasteiger partial charge in [-0.05, 0) is 0 Å². The van der Waals surface area contributed by atoms with Gasteiger partial charge < -0.3 is 0 Å². The normalized spacial score (nSPS) is 16.2. The topological polar surface area (TPSA) is 84.0 Å². The van der Waals surface area contributed by atoms with Crippen molar-refractivity contribution in [2.45, 2.75) is 6.92 Å². The number of nitrogens with zero attached hydrogens (tertiary/aromatic N) is 8. The molecule has 4 aliphatic rings. The van der Waals surface area contributed by atoms with Crippen LogP contribution in [0.1, 0.15) is 27.8 Å². The van der Waals surface area contributed by atoms with Gasteiger partial charge in [0.2, 0.25) is 0 Å². The number of rotatable bonds is 0. The molecule has 6 aromatic rings. The molecule has 6 heterocycles. The standard InChI is InChI=1S/C33H11F7N8.2ClH.Sn/c1-10-2-3-11(34)19-18(10)26-41-27(19)43-29-22-14(37)6-7-15(38)23(22)31(45-29)47-33-25-17(40)9-8-16(39)24(25)32(48-33)46-30-21-13(36)5-4-12(35)20(21)28(42-26)44-30;;;/h2-9H,1H3;2*1H;/q-2;;;+4/p-2. The van der Waals surface area contributed by atoms with E-state index in [1.54, 1.807) is 6.92 Å². The number of benzene rings is 4. The van der Waals surface area contributed by atoms with Crippen molar-refractivity contribution in [3.63, 3.8) is 0 Å². The van der Waals surface area contributed by atoms with E-state index >= 15 is 30.7 Å². The van der Waals surface area contributed by atoms with Crippen LogP contribution < -0.4 is 11.0 Å². The second kappa shape index (κ2) is 10.1. The van der Waals surface area contributed by atoms with Crippen molar-refractivity contribution in [1.29, 1.82) is 0 Å². The summed E-state index contributed by atoms with van der Waals surface area (Å²) in [6, 6.07) is 7.47. The zero-order valence-electron chi connectivity index (χ0n) is 25.1. The van der Waals surface area contributed by atoms with Crippen molar-refractivity contribution >= 4 is 91.0 Å². The van der Waals surface area contributed by atoms with Crippen molar-refractivity contribution in [3.05, 3.63) is 128 Å². The van der Waals surface area contributed by atoms with Gasteiger partial charge in [-0.3, -0.25) is 0 Å². The van der Waals surface area contributed by atoms with Crippen LogP contribution in [0.4, 0.5) is 42.4 Å². The van der Waals surface area contributed by atoms with Gasteiger partial charge in [-0.25, -0.2) is 0 Å². The quantitative estimate of drug-likeness (QED) is 0.115. The Bertz CT molecular complexity index is 2810. The van der Waals surface area contributed by atoms with E-state index in [0.717, 1.165) is 48.0 Å². The molecule has 0 aliphatic carbocycles. The van der Waals surface area contributed by atoms with Crippen LogP contribution in [0.25, 0.3) is 21.5 Å². The molecule has 0 saturated heterocycles. The van der Waals surface area contributed by atoms with Crippen LogP contribution in [0, 0.1) is 47.6 Å². The van der Waals surface area contributed by atoms with Crippen LogP contribution in [0.2, 0.25) is 0 Å². The minimum absolute atomic E-state index is 0.0410. The van der Waals surface area contributed by atoms with Crippen molar-refractivity contribution in [2.75, 3.05) is 0 Å². The van der Waals surface area contributed by atoms with Gasteiger partial charge in [0.25, 0.3) is 0 Å². The van der Waals surface area contributed by atoms with Crippen LogP contribution in [-0.4, -0.2) is 45.6 Å². The molecule has 10 rings (SSSR count). The van der Waals surface area contributed by atoms with Crippen molar-refractivity contribution < 1.29 is 30.7 Å². The van der Waals surface area contributed by atoms with Gasteiger partial charge in [0.05, 0.1) is 0 Å². The third kappa shape index (κ3) is 3.88. The Kier molecular flexibility index (Phi) is 6.14. The molecule has 0 saturated carbocycles. The first-order valence-electron chi connectivity index (χ1n) is 14.9. The van der Waals surface area contributed by atoms with Crippen LogP contribution in [0.3, 0.4) is 0 Å². The van der Waals surface area contributed by atoms with Gasteiger partial charge in [-0.15, -0.1) is 0 Å². The molecule has 18 heteroatoms. The fourth-order valence-corrected chi connectivity index (χ4v) is 16.6. The summed E-state index contributed by atoms with van der Waals surface area (Å²) in [5.74, 6) is -9.83. The summed E-state index contributed by atoms with van der Waals surface area (Å²) < 4.78 is 113. The average molecular weight is 842 g/mol. The van der Waals surface area contributed by atoms with E-state index < -0.39 is 125 Å². The van der Waals surface area contributed by atoms with E-state index in [1.807, 2.05) is 0 Å². The monoisotopic (exact) mass is 842 g/mol. The summed E-state index contributed by atoms with van der Waals surface area (Å²) in [5.41, 5.74) is -2.05. The van der Waals surface area contributed by atoms with Gasteiger partial charge >= 0.3 is 292 Å². The molecule has 0 fully saturated rings. The molecule has 4 aromatic carbocycles. The fourth-order valence-electron chi connectivity index (χ4n) is 6.99. The second-order valence-corrected chi connectivity index (χ2v) is 25.7. The molecule has 0 amide bonds. The van der Waals surface area contributed by atoms with E-state index in [2.05, 4.69) is 30.0 Å². The van der Waals surface area contributed by atoms with Crippen LogP contribution in [0.15, 0.2) is 78.5 Å². The van der Waals surface area contributed by atoms with E-state index in [1.165, 1.54) is 6.07 Å². The average Bonchev–Trinajstić information content (AvgIpc) is 3.81. The molecule has 0 atom stereocenters. The number of aryl methyl sites for hydroxylation is 1. The van der Waals surface area contributed by atoms with Gasteiger partial charge in [0, 0.05) is 0 Å². The van der Waals surface area contributed by atoms with E-state index in [9.17, 15) is 0 Å². The SMILES string of the molecule is Cc1ccc(F)c2c3[n]4c(c12)=NC1=NC(=Nc2c5c(F)ccc(F)c5c([n]2[Sn]4([Cl])[Cl])N=C2N=C(N=3)c3c(F)ccc(F)c32)c2c(F)ccc(F)c21. The molecule has 2 aromatic heterocycles. The second-order valence-electron chi connectivity index (χ2n) is 11.9.